The largest absolute Gasteiger partial charge is 0.481 e. The minimum Gasteiger partial charge on any atom is -0.481 e. The lowest BCUT2D eigenvalue weighted by Crippen LogP contribution is -2.46. The maximum atomic E-state index is 9.90. The minimum atomic E-state index is -1.79. The summed E-state index contributed by atoms with van der Waals surface area (Å²) in [7, 11) is 0. The molecule has 0 aromatic carbocycles. The van der Waals surface area contributed by atoms with Crippen molar-refractivity contribution in [2.45, 2.75) is 36.1 Å². The van der Waals surface area contributed by atoms with Crippen LogP contribution in [0.25, 0.3) is 0 Å². The zero-order valence-electron chi connectivity index (χ0n) is 10.7. The highest BCUT2D eigenvalue weighted by molar-refractivity contribution is 7.81. The zero-order valence-corrected chi connectivity index (χ0v) is 11.6. The summed E-state index contributed by atoms with van der Waals surface area (Å²) in [6.07, 6.45) is -7.29. The number of carbonyl (C=O) groups excluding carboxylic acids is 1. The Morgan fingerprint density at radius 3 is 1.76 bits per heavy atom. The van der Waals surface area contributed by atoms with Gasteiger partial charge in [0.25, 0.3) is 0 Å². The van der Waals surface area contributed by atoms with Crippen molar-refractivity contribution in [3.05, 3.63) is 0 Å². The molecule has 124 valence electrons. The topological polar surface area (TPSA) is 193 Å². The first-order valence-corrected chi connectivity index (χ1v) is 6.01. The van der Waals surface area contributed by atoms with Crippen molar-refractivity contribution < 1.29 is 50.1 Å². The van der Waals surface area contributed by atoms with Crippen LogP contribution < -0.4 is 0 Å². The Bertz CT molecular complexity index is 336. The number of aldehydes is 1. The Morgan fingerprint density at radius 2 is 1.52 bits per heavy atom. The molecular formula is C10H18O10S. The zero-order chi connectivity index (χ0) is 17.2. The lowest BCUT2D eigenvalue weighted by Gasteiger charge is -2.22. The number of carboxylic acids is 2. The predicted molar refractivity (Wildman–Crippen MR) is 69.8 cm³/mol. The summed E-state index contributed by atoms with van der Waals surface area (Å²) in [6, 6.07) is 0. The van der Waals surface area contributed by atoms with Gasteiger partial charge in [-0.2, -0.15) is 12.6 Å². The number of hydrogen-bond donors (Lipinski definition) is 8. The van der Waals surface area contributed by atoms with E-state index in [0.717, 1.165) is 0 Å². The summed E-state index contributed by atoms with van der Waals surface area (Å²) < 4.78 is 0. The van der Waals surface area contributed by atoms with Gasteiger partial charge in [0.1, 0.15) is 29.7 Å². The summed E-state index contributed by atoms with van der Waals surface area (Å²) >= 11 is 3.48. The number of aliphatic hydroxyl groups excluding tert-OH is 5. The van der Waals surface area contributed by atoms with Gasteiger partial charge in [-0.05, 0) is 0 Å². The van der Waals surface area contributed by atoms with E-state index in [2.05, 4.69) is 12.6 Å². The molecule has 0 rings (SSSR count). The van der Waals surface area contributed by atoms with Crippen LogP contribution in [-0.2, 0) is 14.4 Å². The van der Waals surface area contributed by atoms with E-state index in [-0.39, 0.29) is 6.29 Å². The highest BCUT2D eigenvalue weighted by Crippen LogP contribution is 2.03. The summed E-state index contributed by atoms with van der Waals surface area (Å²) in [5, 5.41) is 58.6. The molecule has 0 heterocycles. The molecule has 0 saturated carbocycles. The van der Waals surface area contributed by atoms with E-state index in [1.165, 1.54) is 0 Å². The predicted octanol–water partition coefficient (Wildman–Crippen LogP) is -3.53. The smallest absolute Gasteiger partial charge is 0.316 e. The van der Waals surface area contributed by atoms with Crippen LogP contribution in [-0.4, -0.2) is 90.2 Å². The molecule has 0 aromatic rings. The molecular weight excluding hydrogens is 312 g/mol. The van der Waals surface area contributed by atoms with E-state index in [9.17, 15) is 14.4 Å². The first-order valence-electron chi connectivity index (χ1n) is 5.49. The highest BCUT2D eigenvalue weighted by Gasteiger charge is 2.29. The third-order valence-corrected chi connectivity index (χ3v) is 2.48. The Balaban J connectivity index is 0. The van der Waals surface area contributed by atoms with Crippen molar-refractivity contribution >= 4 is 30.9 Å². The molecule has 0 fully saturated rings. The monoisotopic (exact) mass is 330 g/mol. The molecule has 0 aromatic heterocycles. The van der Waals surface area contributed by atoms with E-state index in [1.54, 1.807) is 0 Å². The fourth-order valence-electron chi connectivity index (χ4n) is 0.871. The molecule has 0 aliphatic heterocycles. The van der Waals surface area contributed by atoms with Crippen molar-refractivity contribution in [1.82, 2.24) is 0 Å². The molecule has 0 amide bonds. The first-order chi connectivity index (χ1) is 9.58. The van der Waals surface area contributed by atoms with Crippen LogP contribution in [0.3, 0.4) is 0 Å². The molecule has 11 heteroatoms. The van der Waals surface area contributed by atoms with E-state index in [0.29, 0.717) is 0 Å². The van der Waals surface area contributed by atoms with Gasteiger partial charge < -0.3 is 40.5 Å². The van der Waals surface area contributed by atoms with E-state index in [1.807, 2.05) is 0 Å². The third kappa shape index (κ3) is 10.2. The van der Waals surface area contributed by atoms with Gasteiger partial charge in [-0.1, -0.05) is 0 Å². The van der Waals surface area contributed by atoms with E-state index < -0.39 is 54.6 Å². The second-order valence-electron chi connectivity index (χ2n) is 3.81. The van der Waals surface area contributed by atoms with Crippen molar-refractivity contribution in [3.63, 3.8) is 0 Å². The summed E-state index contributed by atoms with van der Waals surface area (Å²) in [5.41, 5.74) is 0. The van der Waals surface area contributed by atoms with Crippen LogP contribution in [0.2, 0.25) is 0 Å². The first kappa shape index (κ1) is 22.0. The Hall–Kier alpha value is -1.24. The number of thiol groups is 1. The Kier molecular flexibility index (Phi) is 12.0. The van der Waals surface area contributed by atoms with Gasteiger partial charge >= 0.3 is 11.9 Å². The van der Waals surface area contributed by atoms with Crippen molar-refractivity contribution in [3.8, 4) is 0 Å². The molecule has 0 aliphatic rings. The molecule has 0 radical (unpaired) electrons. The molecule has 5 atom stereocenters. The lowest BCUT2D eigenvalue weighted by atomic mass is 10.0. The van der Waals surface area contributed by atoms with Crippen LogP contribution in [0, 0.1) is 0 Å². The van der Waals surface area contributed by atoms with E-state index in [4.69, 9.17) is 35.7 Å². The van der Waals surface area contributed by atoms with Crippen molar-refractivity contribution in [2.24, 2.45) is 0 Å². The van der Waals surface area contributed by atoms with E-state index >= 15 is 0 Å². The SMILES string of the molecule is O=C(O)CC(S)C(=O)O.O=C[C@H](O)[C@@H](O)[C@H](O)[C@H](O)CO. The van der Waals surface area contributed by atoms with Gasteiger partial charge in [0.15, 0.2) is 6.29 Å². The fourth-order valence-corrected chi connectivity index (χ4v) is 1.03. The average molecular weight is 330 g/mol. The van der Waals surface area contributed by atoms with Crippen LogP contribution in [0.4, 0.5) is 0 Å². The van der Waals surface area contributed by atoms with Crippen molar-refractivity contribution in [2.75, 3.05) is 6.61 Å². The van der Waals surface area contributed by atoms with Crippen LogP contribution in [0.5, 0.6) is 0 Å². The Labute approximate surface area is 124 Å². The molecule has 1 unspecified atom stereocenters. The second-order valence-corrected chi connectivity index (χ2v) is 4.43. The fraction of sp³-hybridized carbons (Fsp3) is 0.700. The number of hydrogen-bond acceptors (Lipinski definition) is 9. The van der Waals surface area contributed by atoms with Gasteiger partial charge in [-0.3, -0.25) is 9.59 Å². The summed E-state index contributed by atoms with van der Waals surface area (Å²) in [6.45, 7) is -0.760. The normalized spacial score (nSPS) is 17.4. The summed E-state index contributed by atoms with van der Waals surface area (Å²) in [4.78, 5) is 29.6. The number of carboxylic acid groups (broad SMARTS) is 2. The minimum absolute atomic E-state index is 0.0258. The van der Waals surface area contributed by atoms with Crippen LogP contribution in [0.1, 0.15) is 6.42 Å². The van der Waals surface area contributed by atoms with Gasteiger partial charge in [0, 0.05) is 0 Å². The molecule has 10 nitrogen and oxygen atoms in total. The Morgan fingerprint density at radius 1 is 1.05 bits per heavy atom. The van der Waals surface area contributed by atoms with Crippen LogP contribution in [0.15, 0.2) is 0 Å². The lowest BCUT2D eigenvalue weighted by molar-refractivity contribution is -0.142. The quantitative estimate of drug-likeness (QED) is 0.163. The molecule has 21 heavy (non-hydrogen) atoms. The highest BCUT2D eigenvalue weighted by atomic mass is 32.1. The van der Waals surface area contributed by atoms with Crippen LogP contribution >= 0.6 is 12.6 Å². The number of carbonyl (C=O) groups is 3. The molecule has 0 aliphatic carbocycles. The molecule has 0 spiro atoms. The molecule has 0 bridgehead atoms. The number of aliphatic carboxylic acids is 2. The van der Waals surface area contributed by atoms with Gasteiger partial charge in [-0.25, -0.2) is 0 Å². The van der Waals surface area contributed by atoms with Gasteiger partial charge in [-0.15, -0.1) is 0 Å². The van der Waals surface area contributed by atoms with Crippen molar-refractivity contribution in [1.29, 1.82) is 0 Å². The summed E-state index contributed by atoms with van der Waals surface area (Å²) in [5.74, 6) is -2.36. The standard InChI is InChI=1S/C6H12O6.C4H6O4S/c7-1-3(9)5(11)6(12)4(10)2-8;5-3(6)1-2(9)4(7)8/h1,3-6,8-12H,2H2;2,9H,1H2,(H,5,6)(H,7,8)/t3-,4+,5+,6+;/m0./s1. The van der Waals surface area contributed by atoms with Gasteiger partial charge in [0.2, 0.25) is 0 Å². The van der Waals surface area contributed by atoms with Gasteiger partial charge in [0.05, 0.1) is 13.0 Å². The number of rotatable bonds is 8. The molecule has 7 N–H and O–H groups in total. The second kappa shape index (κ2) is 11.4. The third-order valence-electron chi connectivity index (χ3n) is 2.07. The number of aliphatic hydroxyl groups is 5. The maximum Gasteiger partial charge on any atom is 0.316 e. The average Bonchev–Trinajstić information content (AvgIpc) is 2.43. The molecule has 0 saturated heterocycles. The maximum absolute atomic E-state index is 9.90.